The van der Waals surface area contributed by atoms with Crippen LogP contribution in [0.5, 0.6) is 5.88 Å². The Morgan fingerprint density at radius 1 is 1.35 bits per heavy atom. The lowest BCUT2D eigenvalue weighted by Gasteiger charge is -2.13. The fourth-order valence-corrected chi connectivity index (χ4v) is 1.62. The van der Waals surface area contributed by atoms with Crippen LogP contribution in [0.1, 0.15) is 24.5 Å². The van der Waals surface area contributed by atoms with Gasteiger partial charge in [-0.25, -0.2) is 4.98 Å². The monoisotopic (exact) mass is 232 g/mol. The van der Waals surface area contributed by atoms with Crippen molar-refractivity contribution >= 4 is 5.69 Å². The molecular weight excluding hydrogens is 216 g/mol. The van der Waals surface area contributed by atoms with E-state index in [1.807, 2.05) is 38.1 Å². The SMILES string of the molecule is COc1cc(NC(C)c2ccc(C)o2)ccn1. The summed E-state index contributed by atoms with van der Waals surface area (Å²) in [5, 5.41) is 3.33. The Hall–Kier alpha value is -1.97. The van der Waals surface area contributed by atoms with E-state index in [0.29, 0.717) is 5.88 Å². The van der Waals surface area contributed by atoms with Crippen LogP contribution in [-0.4, -0.2) is 12.1 Å². The van der Waals surface area contributed by atoms with Crippen molar-refractivity contribution < 1.29 is 9.15 Å². The highest BCUT2D eigenvalue weighted by Crippen LogP contribution is 2.22. The lowest BCUT2D eigenvalue weighted by atomic mass is 10.2. The van der Waals surface area contributed by atoms with Crippen molar-refractivity contribution in [3.63, 3.8) is 0 Å². The van der Waals surface area contributed by atoms with Gasteiger partial charge in [0.05, 0.1) is 13.2 Å². The molecule has 0 saturated heterocycles. The predicted molar refractivity (Wildman–Crippen MR) is 66.3 cm³/mol. The fraction of sp³-hybridized carbons (Fsp3) is 0.308. The molecule has 17 heavy (non-hydrogen) atoms. The van der Waals surface area contributed by atoms with Gasteiger partial charge in [-0.05, 0) is 32.0 Å². The molecular formula is C13H16N2O2. The third kappa shape index (κ3) is 2.78. The molecule has 1 atom stereocenters. The quantitative estimate of drug-likeness (QED) is 0.879. The van der Waals surface area contributed by atoms with E-state index in [-0.39, 0.29) is 6.04 Å². The molecule has 4 heteroatoms. The van der Waals surface area contributed by atoms with Gasteiger partial charge in [-0.1, -0.05) is 0 Å². The molecule has 0 aliphatic carbocycles. The Balaban J connectivity index is 2.09. The lowest BCUT2D eigenvalue weighted by Crippen LogP contribution is -2.05. The summed E-state index contributed by atoms with van der Waals surface area (Å²) in [6.07, 6.45) is 1.71. The average molecular weight is 232 g/mol. The Morgan fingerprint density at radius 2 is 2.18 bits per heavy atom. The third-order valence-corrected chi connectivity index (χ3v) is 2.52. The molecule has 90 valence electrons. The second kappa shape index (κ2) is 4.91. The van der Waals surface area contributed by atoms with E-state index in [0.717, 1.165) is 17.2 Å². The summed E-state index contributed by atoms with van der Waals surface area (Å²) < 4.78 is 10.6. The van der Waals surface area contributed by atoms with Crippen LogP contribution in [0.15, 0.2) is 34.9 Å². The van der Waals surface area contributed by atoms with Gasteiger partial charge in [0, 0.05) is 18.0 Å². The van der Waals surface area contributed by atoms with Gasteiger partial charge < -0.3 is 14.5 Å². The van der Waals surface area contributed by atoms with E-state index >= 15 is 0 Å². The van der Waals surface area contributed by atoms with E-state index < -0.39 is 0 Å². The summed E-state index contributed by atoms with van der Waals surface area (Å²) in [5.41, 5.74) is 0.957. The highest BCUT2D eigenvalue weighted by atomic mass is 16.5. The summed E-state index contributed by atoms with van der Waals surface area (Å²) in [6, 6.07) is 7.79. The zero-order chi connectivity index (χ0) is 12.3. The molecule has 0 radical (unpaired) electrons. The minimum absolute atomic E-state index is 0.107. The summed E-state index contributed by atoms with van der Waals surface area (Å²) in [7, 11) is 1.60. The highest BCUT2D eigenvalue weighted by Gasteiger charge is 2.09. The molecule has 0 saturated carbocycles. The van der Waals surface area contributed by atoms with Crippen LogP contribution in [0.25, 0.3) is 0 Å². The van der Waals surface area contributed by atoms with Crippen LogP contribution >= 0.6 is 0 Å². The van der Waals surface area contributed by atoms with Crippen molar-refractivity contribution in [2.24, 2.45) is 0 Å². The molecule has 0 aromatic carbocycles. The normalized spacial score (nSPS) is 12.2. The van der Waals surface area contributed by atoms with E-state index in [1.165, 1.54) is 0 Å². The molecule has 0 aliphatic rings. The van der Waals surface area contributed by atoms with Crippen molar-refractivity contribution in [1.82, 2.24) is 4.98 Å². The predicted octanol–water partition coefficient (Wildman–Crippen LogP) is 3.16. The van der Waals surface area contributed by atoms with Crippen molar-refractivity contribution in [2.75, 3.05) is 12.4 Å². The first-order valence-corrected chi connectivity index (χ1v) is 5.52. The largest absolute Gasteiger partial charge is 0.481 e. The van der Waals surface area contributed by atoms with Crippen LogP contribution < -0.4 is 10.1 Å². The van der Waals surface area contributed by atoms with Crippen LogP contribution in [-0.2, 0) is 0 Å². The molecule has 0 aliphatic heterocycles. The summed E-state index contributed by atoms with van der Waals surface area (Å²) in [6.45, 7) is 3.98. The lowest BCUT2D eigenvalue weighted by molar-refractivity contribution is 0.398. The van der Waals surface area contributed by atoms with Gasteiger partial charge in [-0.3, -0.25) is 0 Å². The van der Waals surface area contributed by atoms with Crippen LogP contribution in [0.3, 0.4) is 0 Å². The second-order valence-electron chi connectivity index (χ2n) is 3.90. The Kier molecular flexibility index (Phi) is 3.32. The highest BCUT2D eigenvalue weighted by molar-refractivity contribution is 5.46. The van der Waals surface area contributed by atoms with Gasteiger partial charge in [0.1, 0.15) is 11.5 Å². The van der Waals surface area contributed by atoms with E-state index in [1.54, 1.807) is 13.3 Å². The van der Waals surface area contributed by atoms with Gasteiger partial charge in [-0.15, -0.1) is 0 Å². The first-order chi connectivity index (χ1) is 8.19. The number of aryl methyl sites for hydroxylation is 1. The van der Waals surface area contributed by atoms with Gasteiger partial charge in [0.15, 0.2) is 0 Å². The van der Waals surface area contributed by atoms with Crippen molar-refractivity contribution in [3.05, 3.63) is 42.0 Å². The zero-order valence-corrected chi connectivity index (χ0v) is 10.2. The molecule has 2 heterocycles. The minimum atomic E-state index is 0.107. The third-order valence-electron chi connectivity index (χ3n) is 2.52. The fourth-order valence-electron chi connectivity index (χ4n) is 1.62. The second-order valence-corrected chi connectivity index (χ2v) is 3.90. The number of ether oxygens (including phenoxy) is 1. The van der Waals surface area contributed by atoms with Crippen molar-refractivity contribution in [1.29, 1.82) is 0 Å². The Morgan fingerprint density at radius 3 is 2.82 bits per heavy atom. The van der Waals surface area contributed by atoms with E-state index in [2.05, 4.69) is 10.3 Å². The van der Waals surface area contributed by atoms with Crippen LogP contribution in [0, 0.1) is 6.92 Å². The zero-order valence-electron chi connectivity index (χ0n) is 10.2. The number of anilines is 1. The number of pyridine rings is 1. The Labute approximate surface area is 101 Å². The number of nitrogens with zero attached hydrogens (tertiary/aromatic N) is 1. The van der Waals surface area contributed by atoms with Crippen molar-refractivity contribution in [3.8, 4) is 5.88 Å². The average Bonchev–Trinajstić information content (AvgIpc) is 2.76. The van der Waals surface area contributed by atoms with Gasteiger partial charge >= 0.3 is 0 Å². The molecule has 1 N–H and O–H groups in total. The molecule has 4 nitrogen and oxygen atoms in total. The van der Waals surface area contributed by atoms with Gasteiger partial charge in [-0.2, -0.15) is 0 Å². The number of methoxy groups -OCH3 is 1. The number of hydrogen-bond donors (Lipinski definition) is 1. The standard InChI is InChI=1S/C13H16N2O2/c1-9-4-5-12(17-9)10(2)15-11-6-7-14-13(8-11)16-3/h4-8,10H,1-3H3,(H,14,15). The van der Waals surface area contributed by atoms with E-state index in [9.17, 15) is 0 Å². The maximum atomic E-state index is 5.56. The number of aromatic nitrogens is 1. The molecule has 2 aromatic heterocycles. The van der Waals surface area contributed by atoms with Crippen molar-refractivity contribution in [2.45, 2.75) is 19.9 Å². The first-order valence-electron chi connectivity index (χ1n) is 5.52. The maximum absolute atomic E-state index is 5.56. The molecule has 2 aromatic rings. The maximum Gasteiger partial charge on any atom is 0.214 e. The number of rotatable bonds is 4. The summed E-state index contributed by atoms with van der Waals surface area (Å²) in [5.74, 6) is 2.43. The summed E-state index contributed by atoms with van der Waals surface area (Å²) in [4.78, 5) is 4.06. The number of hydrogen-bond acceptors (Lipinski definition) is 4. The van der Waals surface area contributed by atoms with Gasteiger partial charge in [0.2, 0.25) is 5.88 Å². The molecule has 0 bridgehead atoms. The molecule has 0 fully saturated rings. The van der Waals surface area contributed by atoms with Crippen LogP contribution in [0.2, 0.25) is 0 Å². The molecule has 0 amide bonds. The Bertz CT molecular complexity index is 494. The number of nitrogens with one attached hydrogen (secondary N) is 1. The molecule has 1 unspecified atom stereocenters. The topological polar surface area (TPSA) is 47.3 Å². The molecule has 2 rings (SSSR count). The first kappa shape index (κ1) is 11.5. The van der Waals surface area contributed by atoms with Crippen LogP contribution in [0.4, 0.5) is 5.69 Å². The smallest absolute Gasteiger partial charge is 0.214 e. The van der Waals surface area contributed by atoms with E-state index in [4.69, 9.17) is 9.15 Å². The minimum Gasteiger partial charge on any atom is -0.481 e. The van der Waals surface area contributed by atoms with Gasteiger partial charge in [0.25, 0.3) is 0 Å². The number of furan rings is 1. The summed E-state index contributed by atoms with van der Waals surface area (Å²) >= 11 is 0. The molecule has 0 spiro atoms.